The van der Waals surface area contributed by atoms with Crippen LogP contribution < -0.4 is 5.73 Å². The zero-order valence-corrected chi connectivity index (χ0v) is 7.66. The average molecular weight is 185 g/mol. The van der Waals surface area contributed by atoms with Crippen molar-refractivity contribution in [1.82, 2.24) is 0 Å². The summed E-state index contributed by atoms with van der Waals surface area (Å²) in [5.41, 5.74) is 6.51. The average Bonchev–Trinajstić information content (AvgIpc) is 2.36. The molecular formula is C9H12FNS. The molecule has 3 heteroatoms. The minimum absolute atomic E-state index is 0.00984. The van der Waals surface area contributed by atoms with Gasteiger partial charge in [0, 0.05) is 17.5 Å². The van der Waals surface area contributed by atoms with Crippen LogP contribution in [-0.4, -0.2) is 6.54 Å². The lowest BCUT2D eigenvalue weighted by Gasteiger charge is -2.40. The second-order valence-electron chi connectivity index (χ2n) is 3.45. The van der Waals surface area contributed by atoms with Crippen LogP contribution in [0.2, 0.25) is 0 Å². The number of hydrogen-bond acceptors (Lipinski definition) is 2. The Labute approximate surface area is 75.4 Å². The van der Waals surface area contributed by atoms with E-state index < -0.39 is 0 Å². The van der Waals surface area contributed by atoms with Crippen LogP contribution in [0.1, 0.15) is 24.8 Å². The van der Waals surface area contributed by atoms with Crippen LogP contribution in [0.25, 0.3) is 0 Å². The van der Waals surface area contributed by atoms with Crippen molar-refractivity contribution in [3.8, 4) is 0 Å². The summed E-state index contributed by atoms with van der Waals surface area (Å²) in [7, 11) is 0. The predicted octanol–water partition coefficient (Wildman–Crippen LogP) is 2.27. The molecule has 0 unspecified atom stereocenters. The van der Waals surface area contributed by atoms with Gasteiger partial charge >= 0.3 is 0 Å². The van der Waals surface area contributed by atoms with Crippen molar-refractivity contribution in [2.24, 2.45) is 5.73 Å². The molecule has 1 aliphatic rings. The molecule has 66 valence electrons. The highest BCUT2D eigenvalue weighted by Gasteiger charge is 2.39. The SMILES string of the molecule is NCC1(c2ccsc2F)CCC1. The Morgan fingerprint density at radius 3 is 2.67 bits per heavy atom. The van der Waals surface area contributed by atoms with E-state index in [0.717, 1.165) is 18.4 Å². The number of halogens is 1. The fourth-order valence-corrected chi connectivity index (χ4v) is 2.60. The Hall–Kier alpha value is -0.410. The molecule has 0 amide bonds. The number of nitrogens with two attached hydrogens (primary N) is 1. The van der Waals surface area contributed by atoms with Gasteiger partial charge in [-0.1, -0.05) is 6.42 Å². The van der Waals surface area contributed by atoms with Crippen molar-refractivity contribution in [3.63, 3.8) is 0 Å². The van der Waals surface area contributed by atoms with Gasteiger partial charge in [0.1, 0.15) is 0 Å². The second kappa shape index (κ2) is 2.82. The fourth-order valence-electron chi connectivity index (χ4n) is 1.86. The molecule has 0 atom stereocenters. The van der Waals surface area contributed by atoms with Crippen molar-refractivity contribution in [1.29, 1.82) is 0 Å². The first kappa shape index (κ1) is 8.20. The summed E-state index contributed by atoms with van der Waals surface area (Å²) >= 11 is 1.17. The van der Waals surface area contributed by atoms with Gasteiger partial charge in [0.2, 0.25) is 0 Å². The molecular weight excluding hydrogens is 173 g/mol. The van der Waals surface area contributed by atoms with Gasteiger partial charge in [-0.05, 0) is 24.3 Å². The molecule has 0 aromatic carbocycles. The zero-order valence-electron chi connectivity index (χ0n) is 6.85. The van der Waals surface area contributed by atoms with E-state index in [1.165, 1.54) is 17.8 Å². The van der Waals surface area contributed by atoms with Gasteiger partial charge in [0.15, 0.2) is 5.13 Å². The monoisotopic (exact) mass is 185 g/mol. The first-order valence-corrected chi connectivity index (χ1v) is 5.10. The molecule has 1 aliphatic carbocycles. The fraction of sp³-hybridized carbons (Fsp3) is 0.556. The lowest BCUT2D eigenvalue weighted by Crippen LogP contribution is -2.41. The summed E-state index contributed by atoms with van der Waals surface area (Å²) in [5, 5.41) is 1.76. The van der Waals surface area contributed by atoms with Crippen LogP contribution in [0, 0.1) is 5.13 Å². The van der Waals surface area contributed by atoms with Crippen molar-refractivity contribution in [2.75, 3.05) is 6.54 Å². The maximum absolute atomic E-state index is 13.2. The van der Waals surface area contributed by atoms with Gasteiger partial charge in [-0.2, -0.15) is 4.39 Å². The molecule has 0 bridgehead atoms. The Balaban J connectivity index is 2.33. The maximum Gasteiger partial charge on any atom is 0.180 e. The summed E-state index contributed by atoms with van der Waals surface area (Å²) in [6.07, 6.45) is 3.29. The molecule has 1 saturated carbocycles. The summed E-state index contributed by atoms with van der Waals surface area (Å²) in [4.78, 5) is 0. The molecule has 1 aromatic rings. The molecule has 0 saturated heterocycles. The standard InChI is InChI=1S/C9H12FNS/c10-8-7(2-5-12-8)9(6-11)3-1-4-9/h2,5H,1,3-4,6,11H2. The summed E-state index contributed by atoms with van der Waals surface area (Å²) in [5.74, 6) is 0. The van der Waals surface area contributed by atoms with E-state index in [9.17, 15) is 4.39 Å². The Morgan fingerprint density at radius 1 is 1.58 bits per heavy atom. The van der Waals surface area contributed by atoms with E-state index in [-0.39, 0.29) is 10.5 Å². The molecule has 1 aromatic heterocycles. The van der Waals surface area contributed by atoms with Gasteiger partial charge < -0.3 is 5.73 Å². The summed E-state index contributed by atoms with van der Waals surface area (Å²) in [6, 6.07) is 1.88. The van der Waals surface area contributed by atoms with Crippen molar-refractivity contribution < 1.29 is 4.39 Å². The van der Waals surface area contributed by atoms with Crippen molar-refractivity contribution in [3.05, 3.63) is 22.1 Å². The van der Waals surface area contributed by atoms with Crippen LogP contribution in [0.3, 0.4) is 0 Å². The van der Waals surface area contributed by atoms with Crippen molar-refractivity contribution in [2.45, 2.75) is 24.7 Å². The third-order valence-electron chi connectivity index (χ3n) is 2.89. The predicted molar refractivity (Wildman–Crippen MR) is 48.9 cm³/mol. The maximum atomic E-state index is 13.2. The first-order valence-electron chi connectivity index (χ1n) is 4.22. The molecule has 1 nitrogen and oxygen atoms in total. The van der Waals surface area contributed by atoms with Crippen LogP contribution in [0.15, 0.2) is 11.4 Å². The Bertz CT molecular complexity index is 272. The van der Waals surface area contributed by atoms with Gasteiger partial charge in [-0.3, -0.25) is 0 Å². The quantitative estimate of drug-likeness (QED) is 0.751. The Morgan fingerprint density at radius 2 is 2.33 bits per heavy atom. The summed E-state index contributed by atoms with van der Waals surface area (Å²) in [6.45, 7) is 0.584. The van der Waals surface area contributed by atoms with E-state index in [1.807, 2.05) is 6.07 Å². The second-order valence-corrected chi connectivity index (χ2v) is 4.31. The van der Waals surface area contributed by atoms with E-state index in [1.54, 1.807) is 5.38 Å². The highest BCUT2D eigenvalue weighted by molar-refractivity contribution is 7.08. The van der Waals surface area contributed by atoms with Crippen molar-refractivity contribution >= 4 is 11.3 Å². The van der Waals surface area contributed by atoms with Crippen LogP contribution in [-0.2, 0) is 5.41 Å². The molecule has 2 rings (SSSR count). The zero-order chi connectivity index (χ0) is 8.60. The number of thiophene rings is 1. The highest BCUT2D eigenvalue weighted by Crippen LogP contribution is 2.44. The first-order chi connectivity index (χ1) is 5.78. The lowest BCUT2D eigenvalue weighted by molar-refractivity contribution is 0.247. The lowest BCUT2D eigenvalue weighted by atomic mass is 9.65. The smallest absolute Gasteiger partial charge is 0.180 e. The molecule has 0 aliphatic heterocycles. The van der Waals surface area contributed by atoms with E-state index >= 15 is 0 Å². The van der Waals surface area contributed by atoms with E-state index in [2.05, 4.69) is 0 Å². The third-order valence-corrected chi connectivity index (χ3v) is 3.59. The van der Waals surface area contributed by atoms with Gasteiger partial charge in [-0.15, -0.1) is 11.3 Å². The molecule has 12 heavy (non-hydrogen) atoms. The largest absolute Gasteiger partial charge is 0.330 e. The molecule has 0 spiro atoms. The number of rotatable bonds is 2. The van der Waals surface area contributed by atoms with E-state index in [4.69, 9.17) is 5.73 Å². The van der Waals surface area contributed by atoms with Gasteiger partial charge in [-0.25, -0.2) is 0 Å². The molecule has 0 radical (unpaired) electrons. The molecule has 2 N–H and O–H groups in total. The van der Waals surface area contributed by atoms with Gasteiger partial charge in [0.25, 0.3) is 0 Å². The van der Waals surface area contributed by atoms with Crippen LogP contribution in [0.4, 0.5) is 4.39 Å². The molecule has 1 heterocycles. The molecule has 1 fully saturated rings. The minimum Gasteiger partial charge on any atom is -0.330 e. The normalized spacial score (nSPS) is 20.5. The Kier molecular flexibility index (Phi) is 1.93. The topological polar surface area (TPSA) is 26.0 Å². The van der Waals surface area contributed by atoms with Gasteiger partial charge in [0.05, 0.1) is 0 Å². The van der Waals surface area contributed by atoms with Crippen LogP contribution >= 0.6 is 11.3 Å². The highest BCUT2D eigenvalue weighted by atomic mass is 32.1. The third kappa shape index (κ3) is 1.00. The minimum atomic E-state index is -0.0415. The van der Waals surface area contributed by atoms with E-state index in [0.29, 0.717) is 6.54 Å². The summed E-state index contributed by atoms with van der Waals surface area (Å²) < 4.78 is 13.2. The number of hydrogen-bond donors (Lipinski definition) is 1. The van der Waals surface area contributed by atoms with Crippen LogP contribution in [0.5, 0.6) is 0 Å².